The molecule has 3 rings (SSSR count). The van der Waals surface area contributed by atoms with Crippen molar-refractivity contribution >= 4 is 24.7 Å². The minimum atomic E-state index is -2.82. The number of aryl methyl sites for hydroxylation is 1. The van der Waals surface area contributed by atoms with Gasteiger partial charge in [-0.2, -0.15) is 0 Å². The Kier molecular flexibility index (Phi) is 6.03. The summed E-state index contributed by atoms with van der Waals surface area (Å²) in [5, 5.41) is 12.6. The van der Waals surface area contributed by atoms with Crippen LogP contribution in [0.25, 0.3) is 0 Å². The topological polar surface area (TPSA) is 55.8 Å². The Morgan fingerprint density at radius 2 is 1.40 bits per heavy atom. The van der Waals surface area contributed by atoms with E-state index in [0.717, 1.165) is 10.4 Å². The van der Waals surface area contributed by atoms with E-state index in [9.17, 15) is 9.90 Å². The molecule has 0 atom stereocenters. The fourth-order valence-electron chi connectivity index (χ4n) is 3.99. The predicted octanol–water partition coefficient (Wildman–Crippen LogP) is 4.43. The number of carbonyl (C=O) groups excluding carboxylic acids is 1. The molecule has 4 nitrogen and oxygen atoms in total. The summed E-state index contributed by atoms with van der Waals surface area (Å²) in [4.78, 5) is 12.0. The number of rotatable bonds is 5. The zero-order valence-corrected chi connectivity index (χ0v) is 19.1. The van der Waals surface area contributed by atoms with Crippen molar-refractivity contribution in [2.24, 2.45) is 0 Å². The highest BCUT2D eigenvalue weighted by Gasteiger charge is 2.52. The molecule has 5 heteroatoms. The van der Waals surface area contributed by atoms with E-state index in [1.807, 2.05) is 36.4 Å². The summed E-state index contributed by atoms with van der Waals surface area (Å²) < 4.78 is 11.7. The van der Waals surface area contributed by atoms with E-state index >= 15 is 0 Å². The average molecular weight is 421 g/mol. The highest BCUT2D eigenvalue weighted by atomic mass is 28.4. The minimum Gasteiger partial charge on any atom is -0.534 e. The van der Waals surface area contributed by atoms with Gasteiger partial charge in [0.1, 0.15) is 17.1 Å². The first-order valence-electron chi connectivity index (χ1n) is 9.92. The van der Waals surface area contributed by atoms with Gasteiger partial charge in [0, 0.05) is 6.07 Å². The minimum absolute atomic E-state index is 0.144. The quantitative estimate of drug-likeness (QED) is 0.490. The molecule has 0 aliphatic rings. The van der Waals surface area contributed by atoms with Crippen molar-refractivity contribution < 1.29 is 19.1 Å². The SMILES string of the molecule is COC(=O)c1c(C)cc(O[Si](c2ccccc2)(c2ccccc2)C(C)(C)C)cc1O. The van der Waals surface area contributed by atoms with Crippen molar-refractivity contribution in [1.82, 2.24) is 0 Å². The largest absolute Gasteiger partial charge is 0.534 e. The van der Waals surface area contributed by atoms with Gasteiger partial charge in [0.15, 0.2) is 0 Å². The summed E-state index contributed by atoms with van der Waals surface area (Å²) in [6.45, 7) is 8.34. The standard InChI is InChI=1S/C25H28O4Si/c1-18-16-19(17-22(26)23(18)24(27)28-5)29-30(25(2,3)4,20-12-8-6-9-13-20)21-14-10-7-11-15-21/h6-17,26H,1-5H3. The van der Waals surface area contributed by atoms with E-state index in [1.165, 1.54) is 13.2 Å². The maximum atomic E-state index is 12.0. The second-order valence-electron chi connectivity index (χ2n) is 8.39. The van der Waals surface area contributed by atoms with E-state index < -0.39 is 14.3 Å². The number of phenols is 1. The first-order chi connectivity index (χ1) is 14.2. The first kappa shape index (κ1) is 21.7. The molecule has 0 aliphatic carbocycles. The number of benzene rings is 3. The van der Waals surface area contributed by atoms with Crippen molar-refractivity contribution in [3.8, 4) is 11.5 Å². The van der Waals surface area contributed by atoms with Gasteiger partial charge in [0.25, 0.3) is 0 Å². The van der Waals surface area contributed by atoms with Crippen LogP contribution in [0.3, 0.4) is 0 Å². The Morgan fingerprint density at radius 1 is 0.900 bits per heavy atom. The van der Waals surface area contributed by atoms with E-state index in [2.05, 4.69) is 45.0 Å². The molecule has 0 aliphatic heterocycles. The fraction of sp³-hybridized carbons (Fsp3) is 0.240. The average Bonchev–Trinajstić information content (AvgIpc) is 2.71. The van der Waals surface area contributed by atoms with Crippen molar-refractivity contribution in [1.29, 1.82) is 0 Å². The number of phenolic OH excluding ortho intramolecular Hbond substituents is 1. The highest BCUT2D eigenvalue weighted by Crippen LogP contribution is 2.39. The molecular weight excluding hydrogens is 392 g/mol. The molecule has 3 aromatic rings. The molecule has 0 fully saturated rings. The van der Waals surface area contributed by atoms with Crippen molar-refractivity contribution in [2.45, 2.75) is 32.7 Å². The lowest BCUT2D eigenvalue weighted by atomic mass is 10.1. The van der Waals surface area contributed by atoms with Gasteiger partial charge in [-0.1, -0.05) is 81.4 Å². The van der Waals surface area contributed by atoms with Crippen LogP contribution in [0.2, 0.25) is 5.04 Å². The van der Waals surface area contributed by atoms with Crippen LogP contribution in [0, 0.1) is 6.92 Å². The molecule has 0 aromatic heterocycles. The summed E-state index contributed by atoms with van der Waals surface area (Å²) >= 11 is 0. The molecule has 0 amide bonds. The normalized spacial score (nSPS) is 11.8. The van der Waals surface area contributed by atoms with Gasteiger partial charge in [0.05, 0.1) is 7.11 Å². The molecule has 0 radical (unpaired) electrons. The summed E-state index contributed by atoms with van der Waals surface area (Å²) in [5.41, 5.74) is 0.766. The first-order valence-corrected chi connectivity index (χ1v) is 11.8. The lowest BCUT2D eigenvalue weighted by Gasteiger charge is -2.43. The van der Waals surface area contributed by atoms with Gasteiger partial charge >= 0.3 is 14.3 Å². The molecule has 0 saturated carbocycles. The van der Waals surface area contributed by atoms with Crippen molar-refractivity contribution in [3.63, 3.8) is 0 Å². The number of esters is 1. The Hall–Kier alpha value is -3.05. The Labute approximate surface area is 179 Å². The van der Waals surface area contributed by atoms with Gasteiger partial charge in [-0.3, -0.25) is 0 Å². The van der Waals surface area contributed by atoms with E-state index in [1.54, 1.807) is 13.0 Å². The summed E-state index contributed by atoms with van der Waals surface area (Å²) in [6.07, 6.45) is 0. The number of hydrogen-bond donors (Lipinski definition) is 1. The third-order valence-electron chi connectivity index (χ3n) is 5.37. The van der Waals surface area contributed by atoms with Crippen molar-refractivity contribution in [3.05, 3.63) is 83.9 Å². The van der Waals surface area contributed by atoms with Crippen LogP contribution in [0.4, 0.5) is 0 Å². The molecule has 156 valence electrons. The molecule has 0 spiro atoms. The number of ether oxygens (including phenoxy) is 1. The second-order valence-corrected chi connectivity index (χ2v) is 12.6. The lowest BCUT2D eigenvalue weighted by molar-refractivity contribution is 0.0596. The smallest absolute Gasteiger partial charge is 0.341 e. The van der Waals surface area contributed by atoms with Gasteiger partial charge in [-0.25, -0.2) is 4.79 Å². The lowest BCUT2D eigenvalue weighted by Crippen LogP contribution is -2.68. The summed E-state index contributed by atoms with van der Waals surface area (Å²) in [6, 6.07) is 23.9. The third kappa shape index (κ3) is 3.85. The second kappa shape index (κ2) is 8.36. The molecule has 30 heavy (non-hydrogen) atoms. The van der Waals surface area contributed by atoms with E-state index in [-0.39, 0.29) is 16.4 Å². The zero-order chi connectivity index (χ0) is 21.9. The maximum Gasteiger partial charge on any atom is 0.341 e. The van der Waals surface area contributed by atoms with Crippen molar-refractivity contribution in [2.75, 3.05) is 7.11 Å². The fourth-order valence-corrected chi connectivity index (χ4v) is 8.39. The zero-order valence-electron chi connectivity index (χ0n) is 18.1. The number of carbonyl (C=O) groups is 1. The van der Waals surface area contributed by atoms with E-state index in [0.29, 0.717) is 11.3 Å². The van der Waals surface area contributed by atoms with Gasteiger partial charge in [0.2, 0.25) is 0 Å². The monoisotopic (exact) mass is 420 g/mol. The molecule has 0 unspecified atom stereocenters. The van der Waals surface area contributed by atoms with Crippen LogP contribution in [0.15, 0.2) is 72.8 Å². The van der Waals surface area contributed by atoms with Gasteiger partial charge in [-0.05, 0) is 34.0 Å². The van der Waals surface area contributed by atoms with Gasteiger partial charge < -0.3 is 14.3 Å². The Bertz CT molecular complexity index is 962. The predicted molar refractivity (Wildman–Crippen MR) is 122 cm³/mol. The maximum absolute atomic E-state index is 12.0. The molecule has 1 N–H and O–H groups in total. The molecule has 0 bridgehead atoms. The number of methoxy groups -OCH3 is 1. The molecule has 0 heterocycles. The van der Waals surface area contributed by atoms with Gasteiger partial charge in [-0.15, -0.1) is 0 Å². The Morgan fingerprint density at radius 3 is 1.80 bits per heavy atom. The van der Waals surface area contributed by atoms with Crippen LogP contribution < -0.4 is 14.8 Å². The number of aromatic hydroxyl groups is 1. The molecule has 3 aromatic carbocycles. The van der Waals surface area contributed by atoms with Crippen LogP contribution in [0.1, 0.15) is 36.7 Å². The number of hydrogen-bond acceptors (Lipinski definition) is 4. The van der Waals surface area contributed by atoms with Crippen LogP contribution in [0.5, 0.6) is 11.5 Å². The third-order valence-corrected chi connectivity index (χ3v) is 10.3. The summed E-state index contributed by atoms with van der Waals surface area (Å²) in [5.74, 6) is -0.177. The van der Waals surface area contributed by atoms with Crippen LogP contribution in [-0.2, 0) is 4.74 Å². The molecular formula is C25H28O4Si. The molecule has 0 saturated heterocycles. The van der Waals surface area contributed by atoms with E-state index in [4.69, 9.17) is 9.16 Å². The Balaban J connectivity index is 2.24. The van der Waals surface area contributed by atoms with Crippen LogP contribution in [-0.4, -0.2) is 26.5 Å². The van der Waals surface area contributed by atoms with Crippen LogP contribution >= 0.6 is 0 Å². The summed E-state index contributed by atoms with van der Waals surface area (Å²) in [7, 11) is -1.52. The highest BCUT2D eigenvalue weighted by molar-refractivity contribution is 7.00.